The molecule has 0 N–H and O–H groups in total. The Labute approximate surface area is 178 Å². The van der Waals surface area contributed by atoms with Crippen LogP contribution in [0.5, 0.6) is 0 Å². The number of piperazine rings is 1. The third kappa shape index (κ3) is 3.38. The van der Waals surface area contributed by atoms with E-state index in [1.165, 1.54) is 15.8 Å². The smallest absolute Gasteiger partial charge is 0.320 e. The van der Waals surface area contributed by atoms with Gasteiger partial charge in [0.25, 0.3) is 0 Å². The van der Waals surface area contributed by atoms with Gasteiger partial charge in [-0.15, -0.1) is 22.7 Å². The van der Waals surface area contributed by atoms with Gasteiger partial charge in [0.15, 0.2) is 5.82 Å². The van der Waals surface area contributed by atoms with Crippen LogP contribution in [0.2, 0.25) is 0 Å². The van der Waals surface area contributed by atoms with Crippen LogP contribution < -0.4 is 4.90 Å². The van der Waals surface area contributed by atoms with Crippen LogP contribution in [0.1, 0.15) is 23.3 Å². The Bertz CT molecular complexity index is 1030. The number of nitrogens with zero attached hydrogens (tertiary/aromatic N) is 5. The second-order valence-corrected chi connectivity index (χ2v) is 9.91. The molecule has 6 nitrogen and oxygen atoms in total. The number of hydrogen-bond donors (Lipinski definition) is 0. The number of aryl methyl sites for hydroxylation is 2. The summed E-state index contributed by atoms with van der Waals surface area (Å²) in [4.78, 5) is 32.4. The third-order valence-corrected chi connectivity index (χ3v) is 7.94. The number of likely N-dealkylation sites (tertiary alicyclic amines) is 1. The zero-order valence-corrected chi connectivity index (χ0v) is 18.5. The number of urea groups is 1. The minimum atomic E-state index is 0.205. The van der Waals surface area contributed by atoms with Crippen molar-refractivity contribution in [3.8, 4) is 10.7 Å². The number of carbonyl (C=O) groups excluding carboxylic acids is 1. The van der Waals surface area contributed by atoms with Gasteiger partial charge >= 0.3 is 6.03 Å². The van der Waals surface area contributed by atoms with Crippen molar-refractivity contribution in [3.05, 3.63) is 28.0 Å². The van der Waals surface area contributed by atoms with Crippen molar-refractivity contribution in [1.82, 2.24) is 19.8 Å². The zero-order chi connectivity index (χ0) is 20.0. The molecular formula is C21H25N5OS2. The van der Waals surface area contributed by atoms with E-state index >= 15 is 0 Å². The minimum Gasteiger partial charge on any atom is -0.352 e. The average molecular weight is 428 g/mol. The molecule has 0 saturated carbocycles. The molecule has 0 aliphatic carbocycles. The largest absolute Gasteiger partial charge is 0.352 e. The van der Waals surface area contributed by atoms with Crippen LogP contribution in [-0.4, -0.2) is 65.1 Å². The van der Waals surface area contributed by atoms with Crippen LogP contribution >= 0.6 is 22.7 Å². The number of thiophene rings is 2. The van der Waals surface area contributed by atoms with Crippen molar-refractivity contribution >= 4 is 44.7 Å². The van der Waals surface area contributed by atoms with Crippen LogP contribution in [0.25, 0.3) is 20.9 Å². The molecule has 5 rings (SSSR count). The molecule has 0 radical (unpaired) electrons. The number of anilines is 1. The molecule has 2 aliphatic heterocycles. The van der Waals surface area contributed by atoms with Crippen LogP contribution in [0, 0.1) is 13.8 Å². The second-order valence-electron chi connectivity index (χ2n) is 7.76. The number of fused-ring (bicyclic) bond motifs is 1. The van der Waals surface area contributed by atoms with Crippen LogP contribution in [0.15, 0.2) is 17.5 Å². The fraction of sp³-hybridized carbons (Fsp3) is 0.476. The average Bonchev–Trinajstić information content (AvgIpc) is 3.50. The molecule has 3 aromatic heterocycles. The van der Waals surface area contributed by atoms with Gasteiger partial charge in [-0.05, 0) is 43.7 Å². The first-order valence-electron chi connectivity index (χ1n) is 10.2. The SMILES string of the molecule is Cc1sc2nc(-c3cccs3)nc(N3CCN(C(=O)N4CCCC4)CC3)c2c1C. The van der Waals surface area contributed by atoms with Gasteiger partial charge in [-0.3, -0.25) is 0 Å². The molecule has 8 heteroatoms. The Hall–Kier alpha value is -2.19. The Morgan fingerprint density at radius 1 is 1.00 bits per heavy atom. The molecule has 5 heterocycles. The summed E-state index contributed by atoms with van der Waals surface area (Å²) in [6.07, 6.45) is 2.26. The van der Waals surface area contributed by atoms with Crippen molar-refractivity contribution in [2.45, 2.75) is 26.7 Å². The van der Waals surface area contributed by atoms with E-state index in [1.807, 2.05) is 15.9 Å². The number of amides is 2. The molecular weight excluding hydrogens is 402 g/mol. The summed E-state index contributed by atoms with van der Waals surface area (Å²) in [5.41, 5.74) is 1.27. The molecule has 0 aromatic carbocycles. The molecule has 2 aliphatic rings. The van der Waals surface area contributed by atoms with Gasteiger partial charge in [-0.2, -0.15) is 0 Å². The minimum absolute atomic E-state index is 0.205. The molecule has 0 unspecified atom stereocenters. The summed E-state index contributed by atoms with van der Waals surface area (Å²) >= 11 is 3.42. The molecule has 3 aromatic rings. The predicted octanol–water partition coefficient (Wildman–Crippen LogP) is 4.37. The van der Waals surface area contributed by atoms with Gasteiger partial charge in [0.05, 0.1) is 10.3 Å². The van der Waals surface area contributed by atoms with Gasteiger partial charge in [0.1, 0.15) is 10.6 Å². The highest BCUT2D eigenvalue weighted by Crippen LogP contribution is 2.37. The Kier molecular flexibility index (Phi) is 4.91. The van der Waals surface area contributed by atoms with Gasteiger partial charge in [0, 0.05) is 44.1 Å². The highest BCUT2D eigenvalue weighted by atomic mass is 32.1. The maximum absolute atomic E-state index is 12.7. The van der Waals surface area contributed by atoms with Crippen molar-refractivity contribution in [2.75, 3.05) is 44.2 Å². The summed E-state index contributed by atoms with van der Waals surface area (Å²) in [7, 11) is 0. The maximum atomic E-state index is 12.7. The van der Waals surface area contributed by atoms with Crippen LogP contribution in [0.4, 0.5) is 10.6 Å². The van der Waals surface area contributed by atoms with Crippen LogP contribution in [0.3, 0.4) is 0 Å². The van der Waals surface area contributed by atoms with Crippen LogP contribution in [-0.2, 0) is 0 Å². The molecule has 152 valence electrons. The highest BCUT2D eigenvalue weighted by molar-refractivity contribution is 7.19. The van der Waals surface area contributed by atoms with Gasteiger partial charge in [-0.25, -0.2) is 14.8 Å². The van der Waals surface area contributed by atoms with E-state index in [-0.39, 0.29) is 6.03 Å². The first kappa shape index (κ1) is 18.8. The second kappa shape index (κ2) is 7.57. The first-order chi connectivity index (χ1) is 14.1. The summed E-state index contributed by atoms with van der Waals surface area (Å²) in [5, 5.41) is 3.24. The van der Waals surface area contributed by atoms with E-state index in [9.17, 15) is 4.79 Å². The van der Waals surface area contributed by atoms with Gasteiger partial charge in [-0.1, -0.05) is 6.07 Å². The monoisotopic (exact) mass is 427 g/mol. The predicted molar refractivity (Wildman–Crippen MR) is 120 cm³/mol. The van der Waals surface area contributed by atoms with Crippen molar-refractivity contribution in [3.63, 3.8) is 0 Å². The van der Waals surface area contributed by atoms with Gasteiger partial charge in [0.2, 0.25) is 0 Å². The fourth-order valence-corrected chi connectivity index (χ4v) is 5.87. The Morgan fingerprint density at radius 2 is 1.72 bits per heavy atom. The zero-order valence-electron chi connectivity index (χ0n) is 16.8. The lowest BCUT2D eigenvalue weighted by molar-refractivity contribution is 0.159. The van der Waals surface area contributed by atoms with Crippen molar-refractivity contribution < 1.29 is 4.79 Å². The fourth-order valence-electron chi connectivity index (χ4n) is 4.19. The topological polar surface area (TPSA) is 52.6 Å². The standard InChI is InChI=1S/C21H25N5OS2/c1-14-15(2)29-20-17(14)19(22-18(23-20)16-6-5-13-28-16)24-9-11-26(12-10-24)21(27)25-7-3-4-8-25/h5-6,13H,3-4,7-12H2,1-2H3. The number of carbonyl (C=O) groups is 1. The first-order valence-corrected chi connectivity index (χ1v) is 11.9. The lowest BCUT2D eigenvalue weighted by Gasteiger charge is -2.37. The molecule has 0 bridgehead atoms. The molecule has 2 fully saturated rings. The molecule has 2 amide bonds. The lowest BCUT2D eigenvalue weighted by Crippen LogP contribution is -2.52. The molecule has 29 heavy (non-hydrogen) atoms. The lowest BCUT2D eigenvalue weighted by atomic mass is 10.2. The van der Waals surface area contributed by atoms with E-state index in [2.05, 4.69) is 30.2 Å². The Morgan fingerprint density at radius 3 is 2.41 bits per heavy atom. The molecule has 2 saturated heterocycles. The molecule has 0 spiro atoms. The summed E-state index contributed by atoms with van der Waals surface area (Å²) in [6, 6.07) is 4.33. The quantitative estimate of drug-likeness (QED) is 0.609. The van der Waals surface area contributed by atoms with Gasteiger partial charge < -0.3 is 14.7 Å². The van der Waals surface area contributed by atoms with E-state index in [0.29, 0.717) is 0 Å². The number of rotatable bonds is 2. The number of aromatic nitrogens is 2. The summed E-state index contributed by atoms with van der Waals surface area (Å²) < 4.78 is 0. The third-order valence-electron chi connectivity index (χ3n) is 5.98. The van der Waals surface area contributed by atoms with E-state index in [0.717, 1.165) is 73.5 Å². The highest BCUT2D eigenvalue weighted by Gasteiger charge is 2.29. The number of hydrogen-bond acceptors (Lipinski definition) is 6. The van der Waals surface area contributed by atoms with E-state index < -0.39 is 0 Å². The maximum Gasteiger partial charge on any atom is 0.320 e. The molecule has 0 atom stereocenters. The van der Waals surface area contributed by atoms with E-state index in [4.69, 9.17) is 9.97 Å². The summed E-state index contributed by atoms with van der Waals surface area (Å²) in [6.45, 7) is 9.25. The van der Waals surface area contributed by atoms with E-state index in [1.54, 1.807) is 22.7 Å². The summed E-state index contributed by atoms with van der Waals surface area (Å²) in [5.74, 6) is 1.83. The normalized spacial score (nSPS) is 17.5. The van der Waals surface area contributed by atoms with Crippen molar-refractivity contribution in [2.24, 2.45) is 0 Å². The Balaban J connectivity index is 1.44. The van der Waals surface area contributed by atoms with Crippen molar-refractivity contribution in [1.29, 1.82) is 0 Å².